The summed E-state index contributed by atoms with van der Waals surface area (Å²) in [4.78, 5) is 1.87. The second-order valence-electron chi connectivity index (χ2n) is 5.85. The molecule has 1 aromatic carbocycles. The summed E-state index contributed by atoms with van der Waals surface area (Å²) in [6.45, 7) is 3.54. The van der Waals surface area contributed by atoms with Crippen LogP contribution < -0.4 is 10.6 Å². The van der Waals surface area contributed by atoms with Crippen LogP contribution in [-0.2, 0) is 6.18 Å². The summed E-state index contributed by atoms with van der Waals surface area (Å²) in [5.74, 6) is 0.642. The monoisotopic (exact) mass is 300 g/mol. The average molecular weight is 300 g/mol. The highest BCUT2D eigenvalue weighted by Crippen LogP contribution is 2.39. The van der Waals surface area contributed by atoms with E-state index in [1.807, 2.05) is 4.90 Å². The Morgan fingerprint density at radius 3 is 2.67 bits per heavy atom. The molecule has 2 rings (SSSR count). The molecule has 0 bridgehead atoms. The Morgan fingerprint density at radius 1 is 1.24 bits per heavy atom. The number of nitrogens with zero attached hydrogens (tertiary/aromatic N) is 1. The van der Waals surface area contributed by atoms with Crippen LogP contribution in [0.5, 0.6) is 0 Å². The molecule has 118 valence electrons. The van der Waals surface area contributed by atoms with E-state index in [1.165, 1.54) is 12.5 Å². The minimum absolute atomic E-state index is 0.157. The van der Waals surface area contributed by atoms with Gasteiger partial charge in [0.2, 0.25) is 0 Å². The number of alkyl halides is 3. The van der Waals surface area contributed by atoms with Gasteiger partial charge in [-0.25, -0.2) is 0 Å². The summed E-state index contributed by atoms with van der Waals surface area (Å²) < 4.78 is 39.6. The van der Waals surface area contributed by atoms with Crippen molar-refractivity contribution in [2.45, 2.75) is 45.2 Å². The second-order valence-corrected chi connectivity index (χ2v) is 5.85. The number of benzene rings is 1. The van der Waals surface area contributed by atoms with Crippen LogP contribution in [0, 0.1) is 5.92 Å². The fourth-order valence-corrected chi connectivity index (χ4v) is 3.16. The molecule has 1 fully saturated rings. The predicted molar refractivity (Wildman–Crippen MR) is 80.3 cm³/mol. The van der Waals surface area contributed by atoms with Crippen molar-refractivity contribution in [3.05, 3.63) is 23.8 Å². The van der Waals surface area contributed by atoms with Crippen molar-refractivity contribution < 1.29 is 13.2 Å². The van der Waals surface area contributed by atoms with E-state index in [-0.39, 0.29) is 11.4 Å². The smallest absolute Gasteiger partial charge is 0.399 e. The summed E-state index contributed by atoms with van der Waals surface area (Å²) in [7, 11) is 0. The fraction of sp³-hybridized carbons (Fsp3) is 0.625. The van der Waals surface area contributed by atoms with Gasteiger partial charge in [0.1, 0.15) is 0 Å². The Hall–Kier alpha value is -1.39. The summed E-state index contributed by atoms with van der Waals surface area (Å²) in [5, 5.41) is 0. The van der Waals surface area contributed by atoms with Crippen molar-refractivity contribution in [1.82, 2.24) is 0 Å². The van der Waals surface area contributed by atoms with Crippen LogP contribution in [0.1, 0.15) is 44.6 Å². The standard InChI is InChI=1S/C16H23F3N2/c1-2-4-12-5-3-9-21(10-8-12)15-7-6-13(20)11-14(15)16(17,18)19/h6-7,11-12H,2-5,8-10,20H2,1H3. The van der Waals surface area contributed by atoms with Crippen LogP contribution in [0.4, 0.5) is 24.5 Å². The van der Waals surface area contributed by atoms with Gasteiger partial charge in [0, 0.05) is 24.5 Å². The highest BCUT2D eigenvalue weighted by Gasteiger charge is 2.35. The van der Waals surface area contributed by atoms with Crippen LogP contribution in [0.15, 0.2) is 18.2 Å². The molecular formula is C16H23F3N2. The highest BCUT2D eigenvalue weighted by molar-refractivity contribution is 5.61. The number of hydrogen-bond acceptors (Lipinski definition) is 2. The molecule has 1 unspecified atom stereocenters. The lowest BCUT2D eigenvalue weighted by molar-refractivity contribution is -0.137. The van der Waals surface area contributed by atoms with E-state index in [0.29, 0.717) is 19.0 Å². The van der Waals surface area contributed by atoms with E-state index < -0.39 is 11.7 Å². The zero-order chi connectivity index (χ0) is 15.5. The topological polar surface area (TPSA) is 29.3 Å². The molecule has 5 heteroatoms. The van der Waals surface area contributed by atoms with E-state index in [4.69, 9.17) is 5.73 Å². The van der Waals surface area contributed by atoms with E-state index in [0.717, 1.165) is 31.7 Å². The van der Waals surface area contributed by atoms with Crippen molar-refractivity contribution in [3.8, 4) is 0 Å². The van der Waals surface area contributed by atoms with Gasteiger partial charge in [-0.1, -0.05) is 19.8 Å². The molecule has 1 heterocycles. The Bertz CT molecular complexity index is 471. The van der Waals surface area contributed by atoms with Crippen molar-refractivity contribution in [2.24, 2.45) is 5.92 Å². The van der Waals surface area contributed by atoms with Gasteiger partial charge in [-0.15, -0.1) is 0 Å². The number of nitrogens with two attached hydrogens (primary N) is 1. The number of rotatable bonds is 3. The molecule has 0 radical (unpaired) electrons. The lowest BCUT2D eigenvalue weighted by Crippen LogP contribution is -2.27. The number of anilines is 2. The molecule has 0 amide bonds. The molecule has 1 saturated heterocycles. The van der Waals surface area contributed by atoms with Gasteiger partial charge in [-0.3, -0.25) is 0 Å². The van der Waals surface area contributed by atoms with Crippen molar-refractivity contribution in [1.29, 1.82) is 0 Å². The molecule has 1 atom stereocenters. The maximum atomic E-state index is 13.2. The SMILES string of the molecule is CCCC1CCCN(c2ccc(N)cc2C(F)(F)F)CC1. The minimum atomic E-state index is -4.36. The van der Waals surface area contributed by atoms with Crippen LogP contribution in [0.25, 0.3) is 0 Å². The van der Waals surface area contributed by atoms with Gasteiger partial charge < -0.3 is 10.6 Å². The maximum absolute atomic E-state index is 13.2. The first-order chi connectivity index (χ1) is 9.91. The Balaban J connectivity index is 2.22. The third-order valence-corrected chi connectivity index (χ3v) is 4.21. The van der Waals surface area contributed by atoms with Crippen LogP contribution in [0.3, 0.4) is 0 Å². The zero-order valence-corrected chi connectivity index (χ0v) is 12.4. The number of hydrogen-bond donors (Lipinski definition) is 1. The molecule has 2 nitrogen and oxygen atoms in total. The van der Waals surface area contributed by atoms with Crippen molar-refractivity contribution in [2.75, 3.05) is 23.7 Å². The predicted octanol–water partition coefficient (Wildman–Crippen LogP) is 4.69. The third kappa shape index (κ3) is 4.05. The van der Waals surface area contributed by atoms with E-state index in [2.05, 4.69) is 6.92 Å². The van der Waals surface area contributed by atoms with E-state index >= 15 is 0 Å². The lowest BCUT2D eigenvalue weighted by atomic mass is 9.96. The molecular weight excluding hydrogens is 277 g/mol. The largest absolute Gasteiger partial charge is 0.418 e. The molecule has 1 aliphatic heterocycles. The molecule has 0 saturated carbocycles. The van der Waals surface area contributed by atoms with E-state index in [1.54, 1.807) is 6.07 Å². The Morgan fingerprint density at radius 2 is 2.00 bits per heavy atom. The maximum Gasteiger partial charge on any atom is 0.418 e. The molecule has 0 spiro atoms. The van der Waals surface area contributed by atoms with Gasteiger partial charge in [0.05, 0.1) is 5.56 Å². The zero-order valence-electron chi connectivity index (χ0n) is 12.4. The Kier molecular flexibility index (Phi) is 5.01. The lowest BCUT2D eigenvalue weighted by Gasteiger charge is -2.26. The summed E-state index contributed by atoms with van der Waals surface area (Å²) >= 11 is 0. The van der Waals surface area contributed by atoms with Gasteiger partial charge >= 0.3 is 6.18 Å². The van der Waals surface area contributed by atoms with Gasteiger partial charge in [-0.05, 0) is 43.4 Å². The van der Waals surface area contributed by atoms with Crippen molar-refractivity contribution in [3.63, 3.8) is 0 Å². The van der Waals surface area contributed by atoms with Gasteiger partial charge in [-0.2, -0.15) is 13.2 Å². The molecule has 0 aliphatic carbocycles. The van der Waals surface area contributed by atoms with Crippen molar-refractivity contribution >= 4 is 11.4 Å². The van der Waals surface area contributed by atoms with Crippen LogP contribution in [-0.4, -0.2) is 13.1 Å². The summed E-state index contributed by atoms with van der Waals surface area (Å²) in [6.07, 6.45) is 0.977. The molecule has 1 aliphatic rings. The first kappa shape index (κ1) is 16.0. The molecule has 0 aromatic heterocycles. The fourth-order valence-electron chi connectivity index (χ4n) is 3.16. The normalized spacial score (nSPS) is 20.4. The van der Waals surface area contributed by atoms with E-state index in [9.17, 15) is 13.2 Å². The second kappa shape index (κ2) is 6.58. The van der Waals surface area contributed by atoms with Crippen LogP contribution >= 0.6 is 0 Å². The summed E-state index contributed by atoms with van der Waals surface area (Å²) in [5.41, 5.74) is 5.34. The third-order valence-electron chi connectivity index (χ3n) is 4.21. The summed E-state index contributed by atoms with van der Waals surface area (Å²) in [6, 6.07) is 4.11. The molecule has 21 heavy (non-hydrogen) atoms. The van der Waals surface area contributed by atoms with Crippen LogP contribution in [0.2, 0.25) is 0 Å². The Labute approximate surface area is 124 Å². The van der Waals surface area contributed by atoms with Gasteiger partial charge in [0.15, 0.2) is 0 Å². The first-order valence-corrected chi connectivity index (χ1v) is 7.63. The molecule has 1 aromatic rings. The first-order valence-electron chi connectivity index (χ1n) is 7.63. The number of nitrogen functional groups attached to an aromatic ring is 1. The average Bonchev–Trinajstić information content (AvgIpc) is 2.64. The minimum Gasteiger partial charge on any atom is -0.399 e. The molecule has 2 N–H and O–H groups in total. The number of halogens is 3. The quantitative estimate of drug-likeness (QED) is 0.820. The van der Waals surface area contributed by atoms with Gasteiger partial charge in [0.25, 0.3) is 0 Å². The highest BCUT2D eigenvalue weighted by atomic mass is 19.4.